The first-order valence-electron chi connectivity index (χ1n) is 7.24. The number of nitrogens with zero attached hydrogens (tertiary/aromatic N) is 1. The van der Waals surface area contributed by atoms with Crippen LogP contribution in [-0.4, -0.2) is 11.0 Å². The monoisotopic (exact) mass is 448 g/mol. The molecule has 0 saturated carbocycles. The summed E-state index contributed by atoms with van der Waals surface area (Å²) in [7, 11) is 0. The molecule has 0 spiro atoms. The Kier molecular flexibility index (Phi) is 5.21. The molecule has 0 aliphatic heterocycles. The number of aromatic nitrogens is 1. The van der Waals surface area contributed by atoms with Gasteiger partial charge in [-0.1, -0.05) is 0 Å². The van der Waals surface area contributed by atoms with Crippen LogP contribution in [0.1, 0.15) is 53.2 Å². The molecule has 6 heteroatoms. The van der Waals surface area contributed by atoms with Crippen LogP contribution in [0.2, 0.25) is 0 Å². The third kappa shape index (κ3) is 3.61. The van der Waals surface area contributed by atoms with Crippen LogP contribution in [0.5, 0.6) is 0 Å². The molecule has 2 aromatic heterocycles. The van der Waals surface area contributed by atoms with Gasteiger partial charge in [-0.2, -0.15) is 0 Å². The van der Waals surface area contributed by atoms with Crippen molar-refractivity contribution in [3.63, 3.8) is 0 Å². The Morgan fingerprint density at radius 3 is 2.57 bits per heavy atom. The number of fused-ring (bicyclic) bond motifs is 1. The van der Waals surface area contributed by atoms with Crippen molar-refractivity contribution in [2.45, 2.75) is 51.6 Å². The van der Waals surface area contributed by atoms with Gasteiger partial charge in [0.25, 0.3) is 0 Å². The molecule has 1 aliphatic rings. The van der Waals surface area contributed by atoms with Gasteiger partial charge < -0.3 is 5.32 Å². The Bertz CT molecular complexity index is 591. The van der Waals surface area contributed by atoms with Crippen molar-refractivity contribution in [1.82, 2.24) is 10.3 Å². The highest BCUT2D eigenvalue weighted by atomic mass is 79.9. The van der Waals surface area contributed by atoms with Gasteiger partial charge in [-0.3, -0.25) is 0 Å². The third-order valence-corrected chi connectivity index (χ3v) is 8.10. The van der Waals surface area contributed by atoms with E-state index < -0.39 is 0 Å². The lowest BCUT2D eigenvalue weighted by Gasteiger charge is -2.18. The summed E-state index contributed by atoms with van der Waals surface area (Å²) in [4.78, 5) is 7.77. The van der Waals surface area contributed by atoms with Crippen LogP contribution >= 0.6 is 54.5 Å². The number of thiazole rings is 1. The molecular formula is C15H18Br2N2S2. The largest absolute Gasteiger partial charge is 0.301 e. The smallest absolute Gasteiger partial charge is 0.116 e. The average molecular weight is 450 g/mol. The molecule has 2 nitrogen and oxygen atoms in total. The highest BCUT2D eigenvalue weighted by molar-refractivity contribution is 9.13. The van der Waals surface area contributed by atoms with Crippen LogP contribution in [0.3, 0.4) is 0 Å². The van der Waals surface area contributed by atoms with Crippen LogP contribution in [0.25, 0.3) is 0 Å². The van der Waals surface area contributed by atoms with Gasteiger partial charge in [0.15, 0.2) is 0 Å². The third-order valence-electron chi connectivity index (χ3n) is 3.56. The topological polar surface area (TPSA) is 24.9 Å². The van der Waals surface area contributed by atoms with Crippen LogP contribution in [0.15, 0.2) is 14.3 Å². The van der Waals surface area contributed by atoms with Crippen molar-refractivity contribution in [3.05, 3.63) is 34.8 Å². The van der Waals surface area contributed by atoms with Crippen molar-refractivity contribution in [2.75, 3.05) is 0 Å². The van der Waals surface area contributed by atoms with E-state index in [0.717, 1.165) is 14.7 Å². The molecule has 1 N–H and O–H groups in total. The minimum Gasteiger partial charge on any atom is -0.301 e. The van der Waals surface area contributed by atoms with Crippen molar-refractivity contribution in [2.24, 2.45) is 0 Å². The van der Waals surface area contributed by atoms with Crippen LogP contribution < -0.4 is 5.32 Å². The Morgan fingerprint density at radius 1 is 1.19 bits per heavy atom. The minimum atomic E-state index is 0.202. The zero-order valence-corrected chi connectivity index (χ0v) is 16.9. The van der Waals surface area contributed by atoms with Crippen molar-refractivity contribution in [1.29, 1.82) is 0 Å². The second-order valence-corrected chi connectivity index (χ2v) is 10.0. The molecular weight excluding hydrogens is 432 g/mol. The zero-order chi connectivity index (χ0) is 15.0. The predicted molar refractivity (Wildman–Crippen MR) is 98.6 cm³/mol. The molecule has 0 aromatic carbocycles. The first-order valence-corrected chi connectivity index (χ1v) is 10.5. The summed E-state index contributed by atoms with van der Waals surface area (Å²) >= 11 is 10.9. The summed E-state index contributed by atoms with van der Waals surface area (Å²) < 4.78 is 2.27. The van der Waals surface area contributed by atoms with Gasteiger partial charge in [-0.25, -0.2) is 4.98 Å². The summed E-state index contributed by atoms with van der Waals surface area (Å²) in [6, 6.07) is 2.83. The number of thiophene rings is 1. The van der Waals surface area contributed by atoms with Crippen molar-refractivity contribution >= 4 is 54.5 Å². The molecule has 0 fully saturated rings. The standard InChI is InChI=1S/C15H18Br2N2S2/c1-8(2)18-13(12-7-9(16)14(17)20-12)15-19-10-5-3-4-6-11(10)21-15/h7-8,13,18H,3-6H2,1-2H3. The molecule has 114 valence electrons. The van der Waals surface area contributed by atoms with E-state index in [2.05, 4.69) is 57.1 Å². The number of aryl methyl sites for hydroxylation is 2. The van der Waals surface area contributed by atoms with Crippen molar-refractivity contribution in [3.8, 4) is 0 Å². The van der Waals surface area contributed by atoms with E-state index in [0.29, 0.717) is 6.04 Å². The van der Waals surface area contributed by atoms with E-state index in [9.17, 15) is 0 Å². The fourth-order valence-corrected chi connectivity index (χ4v) is 6.07. The average Bonchev–Trinajstić information content (AvgIpc) is 3.00. The van der Waals surface area contributed by atoms with Gasteiger partial charge in [0, 0.05) is 20.3 Å². The maximum absolute atomic E-state index is 4.95. The first kappa shape index (κ1) is 16.1. The van der Waals surface area contributed by atoms with Crippen molar-refractivity contribution < 1.29 is 0 Å². The minimum absolute atomic E-state index is 0.202. The molecule has 0 amide bonds. The predicted octanol–water partition coefficient (Wildman–Crippen LogP) is 5.70. The maximum Gasteiger partial charge on any atom is 0.116 e. The highest BCUT2D eigenvalue weighted by Crippen LogP contribution is 2.40. The van der Waals surface area contributed by atoms with Crippen LogP contribution in [0.4, 0.5) is 0 Å². The van der Waals surface area contributed by atoms with Crippen LogP contribution in [0, 0.1) is 0 Å². The fourth-order valence-electron chi connectivity index (χ4n) is 2.61. The number of halogens is 2. The van der Waals surface area contributed by atoms with Gasteiger partial charge in [-0.15, -0.1) is 22.7 Å². The molecule has 1 aliphatic carbocycles. The second kappa shape index (κ2) is 6.79. The van der Waals surface area contributed by atoms with E-state index >= 15 is 0 Å². The van der Waals surface area contributed by atoms with E-state index in [1.165, 1.54) is 39.7 Å². The first-order chi connectivity index (χ1) is 10.0. The summed E-state index contributed by atoms with van der Waals surface area (Å²) in [6.07, 6.45) is 4.96. The molecule has 1 unspecified atom stereocenters. The Labute approximate surface area is 150 Å². The number of nitrogens with one attached hydrogen (secondary N) is 1. The summed E-state index contributed by atoms with van der Waals surface area (Å²) in [5.74, 6) is 0. The van der Waals surface area contributed by atoms with E-state index in [4.69, 9.17) is 4.98 Å². The summed E-state index contributed by atoms with van der Waals surface area (Å²) in [5, 5.41) is 4.90. The lowest BCUT2D eigenvalue weighted by atomic mass is 10.0. The van der Waals surface area contributed by atoms with Gasteiger partial charge in [0.2, 0.25) is 0 Å². The number of hydrogen-bond acceptors (Lipinski definition) is 4. The van der Waals surface area contributed by atoms with E-state index in [1.807, 2.05) is 11.3 Å². The highest BCUT2D eigenvalue weighted by Gasteiger charge is 2.24. The Balaban J connectivity index is 1.96. The molecule has 0 saturated heterocycles. The van der Waals surface area contributed by atoms with E-state index in [1.54, 1.807) is 11.3 Å². The fraction of sp³-hybridized carbons (Fsp3) is 0.533. The number of rotatable bonds is 4. The molecule has 2 heterocycles. The molecule has 0 radical (unpaired) electrons. The lowest BCUT2D eigenvalue weighted by molar-refractivity contribution is 0.531. The van der Waals surface area contributed by atoms with Gasteiger partial charge in [-0.05, 0) is 77.5 Å². The zero-order valence-electron chi connectivity index (χ0n) is 12.1. The molecule has 0 bridgehead atoms. The molecule has 2 aromatic rings. The maximum atomic E-state index is 4.95. The molecule has 21 heavy (non-hydrogen) atoms. The number of hydrogen-bond donors (Lipinski definition) is 1. The van der Waals surface area contributed by atoms with Gasteiger partial charge in [0.1, 0.15) is 5.01 Å². The normalized spacial score (nSPS) is 16.2. The summed E-state index contributed by atoms with van der Waals surface area (Å²) in [5.41, 5.74) is 1.34. The van der Waals surface area contributed by atoms with E-state index in [-0.39, 0.29) is 6.04 Å². The second-order valence-electron chi connectivity index (χ2n) is 5.65. The lowest BCUT2D eigenvalue weighted by Crippen LogP contribution is -2.28. The van der Waals surface area contributed by atoms with Crippen LogP contribution in [-0.2, 0) is 12.8 Å². The molecule has 1 atom stereocenters. The summed E-state index contributed by atoms with van der Waals surface area (Å²) in [6.45, 7) is 4.39. The Morgan fingerprint density at radius 2 is 1.95 bits per heavy atom. The SMILES string of the molecule is CC(C)NC(c1cc(Br)c(Br)s1)c1nc2c(s1)CCCC2. The van der Waals surface area contributed by atoms with Gasteiger partial charge >= 0.3 is 0 Å². The Hall–Kier alpha value is 0.250. The molecule has 3 rings (SSSR count). The quantitative estimate of drug-likeness (QED) is 0.647. The van der Waals surface area contributed by atoms with Gasteiger partial charge in [0.05, 0.1) is 15.5 Å².